The second kappa shape index (κ2) is 7.95. The van der Waals surface area contributed by atoms with Gasteiger partial charge in [0, 0.05) is 15.8 Å². The molecule has 0 aliphatic heterocycles. The number of nitrogens with one attached hydrogen (secondary N) is 1. The van der Waals surface area contributed by atoms with Crippen LogP contribution in [0.25, 0.3) is 20.9 Å². The second-order valence-corrected chi connectivity index (χ2v) is 8.95. The number of anilines is 1. The molecule has 0 radical (unpaired) electrons. The number of thiophene rings is 1. The molecule has 1 N–H and O–H groups in total. The zero-order chi connectivity index (χ0) is 19.7. The highest BCUT2D eigenvalue weighted by Crippen LogP contribution is 2.42. The maximum absolute atomic E-state index is 12.4. The molecule has 0 saturated heterocycles. The Labute approximate surface area is 175 Å². The summed E-state index contributed by atoms with van der Waals surface area (Å²) in [5.74, 6) is 0.230. The number of aryl methyl sites for hydroxylation is 1. The van der Waals surface area contributed by atoms with Crippen LogP contribution in [0.3, 0.4) is 0 Å². The monoisotopic (exact) mass is 429 g/mol. The van der Waals surface area contributed by atoms with Gasteiger partial charge in [-0.15, -0.1) is 21.5 Å². The summed E-state index contributed by atoms with van der Waals surface area (Å²) in [6, 6.07) is 15.5. The van der Waals surface area contributed by atoms with E-state index < -0.39 is 5.25 Å². The molecule has 0 aliphatic carbocycles. The third-order valence-corrected chi connectivity index (χ3v) is 6.70. The van der Waals surface area contributed by atoms with Crippen LogP contribution in [0.5, 0.6) is 0 Å². The zero-order valence-electron chi connectivity index (χ0n) is 15.1. The fraction of sp³-hybridized carbons (Fsp3) is 0.150. The van der Waals surface area contributed by atoms with Crippen LogP contribution in [-0.2, 0) is 4.79 Å². The van der Waals surface area contributed by atoms with Crippen molar-refractivity contribution in [3.8, 4) is 10.8 Å². The van der Waals surface area contributed by atoms with Crippen LogP contribution in [0.1, 0.15) is 12.5 Å². The molecule has 0 aliphatic rings. The summed E-state index contributed by atoms with van der Waals surface area (Å²) < 4.78 is 6.81. The van der Waals surface area contributed by atoms with Gasteiger partial charge in [-0.25, -0.2) is 0 Å². The highest BCUT2D eigenvalue weighted by atomic mass is 35.5. The van der Waals surface area contributed by atoms with Gasteiger partial charge < -0.3 is 9.73 Å². The molecule has 2 aromatic heterocycles. The Morgan fingerprint density at radius 2 is 1.93 bits per heavy atom. The smallest absolute Gasteiger partial charge is 0.277 e. The number of amides is 1. The number of nitrogens with zero attached hydrogens (tertiary/aromatic N) is 2. The van der Waals surface area contributed by atoms with Crippen LogP contribution in [0.4, 0.5) is 5.69 Å². The Morgan fingerprint density at radius 1 is 1.18 bits per heavy atom. The average Bonchev–Trinajstić information content (AvgIpc) is 3.28. The Morgan fingerprint density at radius 3 is 2.68 bits per heavy atom. The van der Waals surface area contributed by atoms with Crippen molar-refractivity contribution in [2.24, 2.45) is 0 Å². The molecule has 0 bridgehead atoms. The van der Waals surface area contributed by atoms with Gasteiger partial charge >= 0.3 is 0 Å². The van der Waals surface area contributed by atoms with Gasteiger partial charge in [0.15, 0.2) is 0 Å². The SMILES string of the molecule is Cc1ccc(NC(=O)C(C)Sc2nnc(-c3sc4ccccc4c3Cl)o2)cc1. The standard InChI is InChI=1S/C20H16ClN3O2S2/c1-11-7-9-13(10-8-11)22-18(25)12(2)27-20-24-23-19(26-20)17-16(21)14-5-3-4-6-15(14)28-17/h3-10,12H,1-2H3,(H,22,25). The normalized spacial score (nSPS) is 12.2. The van der Waals surface area contributed by atoms with Crippen LogP contribution in [0.15, 0.2) is 58.2 Å². The number of carbonyl (C=O) groups is 1. The summed E-state index contributed by atoms with van der Waals surface area (Å²) in [5, 5.41) is 12.5. The first-order chi connectivity index (χ1) is 13.5. The number of aromatic nitrogens is 2. The number of hydrogen-bond acceptors (Lipinski definition) is 6. The molecule has 1 unspecified atom stereocenters. The van der Waals surface area contributed by atoms with E-state index in [2.05, 4.69) is 15.5 Å². The fourth-order valence-corrected chi connectivity index (χ4v) is 4.70. The number of benzene rings is 2. The number of hydrogen-bond donors (Lipinski definition) is 1. The van der Waals surface area contributed by atoms with E-state index in [0.29, 0.717) is 16.1 Å². The summed E-state index contributed by atoms with van der Waals surface area (Å²) >= 11 is 9.18. The van der Waals surface area contributed by atoms with Gasteiger partial charge in [-0.05, 0) is 32.0 Å². The van der Waals surface area contributed by atoms with Gasteiger partial charge in [-0.3, -0.25) is 4.79 Å². The van der Waals surface area contributed by atoms with Gasteiger partial charge in [-0.2, -0.15) is 0 Å². The summed E-state index contributed by atoms with van der Waals surface area (Å²) in [6.45, 7) is 3.80. The van der Waals surface area contributed by atoms with Crippen molar-refractivity contribution in [1.82, 2.24) is 10.2 Å². The van der Waals surface area contributed by atoms with E-state index in [0.717, 1.165) is 26.2 Å². The number of thioether (sulfide) groups is 1. The van der Waals surface area contributed by atoms with Crippen molar-refractivity contribution in [2.45, 2.75) is 24.3 Å². The first kappa shape index (κ1) is 19.0. The molecule has 2 heterocycles. The van der Waals surface area contributed by atoms with Crippen molar-refractivity contribution in [3.63, 3.8) is 0 Å². The van der Waals surface area contributed by atoms with Crippen molar-refractivity contribution >= 4 is 56.4 Å². The van der Waals surface area contributed by atoms with Crippen LogP contribution in [-0.4, -0.2) is 21.4 Å². The van der Waals surface area contributed by atoms with E-state index in [-0.39, 0.29) is 5.91 Å². The van der Waals surface area contributed by atoms with Gasteiger partial charge in [0.25, 0.3) is 11.1 Å². The molecule has 2 aromatic carbocycles. The molecule has 0 saturated carbocycles. The van der Waals surface area contributed by atoms with E-state index in [9.17, 15) is 4.79 Å². The van der Waals surface area contributed by atoms with Crippen LogP contribution in [0, 0.1) is 6.92 Å². The molecule has 0 spiro atoms. The summed E-state index contributed by atoms with van der Waals surface area (Å²) in [6.07, 6.45) is 0. The summed E-state index contributed by atoms with van der Waals surface area (Å²) in [4.78, 5) is 13.1. The van der Waals surface area contributed by atoms with Gasteiger partial charge in [0.05, 0.1) is 10.3 Å². The summed E-state index contributed by atoms with van der Waals surface area (Å²) in [5.41, 5.74) is 1.89. The van der Waals surface area contributed by atoms with Gasteiger partial charge in [0.2, 0.25) is 5.91 Å². The number of rotatable bonds is 5. The van der Waals surface area contributed by atoms with E-state index >= 15 is 0 Å². The number of carbonyl (C=O) groups excluding carboxylic acids is 1. The van der Waals surface area contributed by atoms with E-state index in [1.165, 1.54) is 23.1 Å². The summed E-state index contributed by atoms with van der Waals surface area (Å²) in [7, 11) is 0. The molecule has 0 fully saturated rings. The molecule has 8 heteroatoms. The van der Waals surface area contributed by atoms with Crippen molar-refractivity contribution in [2.75, 3.05) is 5.32 Å². The first-order valence-electron chi connectivity index (χ1n) is 8.56. The molecule has 5 nitrogen and oxygen atoms in total. The van der Waals surface area contributed by atoms with E-state index in [1.54, 1.807) is 6.92 Å². The Balaban J connectivity index is 1.47. The average molecular weight is 430 g/mol. The lowest BCUT2D eigenvalue weighted by Gasteiger charge is -2.09. The van der Waals surface area contributed by atoms with E-state index in [4.69, 9.17) is 16.0 Å². The lowest BCUT2D eigenvalue weighted by Crippen LogP contribution is -2.22. The fourth-order valence-electron chi connectivity index (χ4n) is 2.59. The topological polar surface area (TPSA) is 68.0 Å². The number of halogens is 1. The molecule has 1 atom stereocenters. The van der Waals surface area contributed by atoms with Gasteiger partial charge in [-0.1, -0.05) is 59.3 Å². The third kappa shape index (κ3) is 3.92. The lowest BCUT2D eigenvalue weighted by atomic mass is 10.2. The van der Waals surface area contributed by atoms with Crippen molar-refractivity contribution in [3.05, 3.63) is 59.1 Å². The van der Waals surface area contributed by atoms with Gasteiger partial charge in [0.1, 0.15) is 4.88 Å². The van der Waals surface area contributed by atoms with E-state index in [1.807, 2.05) is 55.5 Å². The Hall–Kier alpha value is -2.35. The Kier molecular flexibility index (Phi) is 5.39. The lowest BCUT2D eigenvalue weighted by molar-refractivity contribution is -0.115. The van der Waals surface area contributed by atoms with Crippen LogP contribution < -0.4 is 5.32 Å². The minimum Gasteiger partial charge on any atom is -0.410 e. The number of fused-ring (bicyclic) bond motifs is 1. The largest absolute Gasteiger partial charge is 0.410 e. The highest BCUT2D eigenvalue weighted by Gasteiger charge is 2.21. The molecular formula is C20H16ClN3O2S2. The molecule has 4 rings (SSSR count). The molecule has 28 heavy (non-hydrogen) atoms. The van der Waals surface area contributed by atoms with Crippen molar-refractivity contribution in [1.29, 1.82) is 0 Å². The highest BCUT2D eigenvalue weighted by molar-refractivity contribution is 8.00. The first-order valence-corrected chi connectivity index (χ1v) is 10.6. The minimum atomic E-state index is -0.396. The maximum atomic E-state index is 12.4. The minimum absolute atomic E-state index is 0.131. The van der Waals surface area contributed by atoms with Crippen LogP contribution >= 0.6 is 34.7 Å². The quantitative estimate of drug-likeness (QED) is 0.392. The maximum Gasteiger partial charge on any atom is 0.277 e. The van der Waals surface area contributed by atoms with Crippen molar-refractivity contribution < 1.29 is 9.21 Å². The molecule has 1 amide bonds. The molecule has 4 aromatic rings. The molecular weight excluding hydrogens is 414 g/mol. The third-order valence-electron chi connectivity index (χ3n) is 4.10. The zero-order valence-corrected chi connectivity index (χ0v) is 17.5. The predicted octanol–water partition coefficient (Wildman–Crippen LogP) is 6.03. The molecule has 142 valence electrons. The second-order valence-electron chi connectivity index (χ2n) is 6.23. The predicted molar refractivity (Wildman–Crippen MR) is 115 cm³/mol. The van der Waals surface area contributed by atoms with Crippen LogP contribution in [0.2, 0.25) is 5.02 Å². The Bertz CT molecular complexity index is 1140.